The molecule has 0 aliphatic rings. The summed E-state index contributed by atoms with van der Waals surface area (Å²) in [5, 5.41) is 3.75. The van der Waals surface area contributed by atoms with Gasteiger partial charge in [-0.05, 0) is 43.4 Å². The predicted octanol–water partition coefficient (Wildman–Crippen LogP) is 4.75. The van der Waals surface area contributed by atoms with Crippen LogP contribution in [0.2, 0.25) is 0 Å². The maximum Gasteiger partial charge on any atom is 0.0213 e. The van der Waals surface area contributed by atoms with Gasteiger partial charge < -0.3 is 5.32 Å². The van der Waals surface area contributed by atoms with Gasteiger partial charge in [0.05, 0.1) is 0 Å². The summed E-state index contributed by atoms with van der Waals surface area (Å²) in [6.07, 6.45) is 6.52. The molecule has 102 valence electrons. The molecule has 1 heteroatoms. The molecule has 1 unspecified atom stereocenters. The third-order valence-electron chi connectivity index (χ3n) is 3.76. The monoisotopic (exact) mass is 247 g/mol. The molecule has 0 radical (unpaired) electrons. The van der Waals surface area contributed by atoms with E-state index >= 15 is 0 Å². The van der Waals surface area contributed by atoms with E-state index in [1.807, 2.05) is 0 Å². The SMILES string of the molecule is CCCCC(CCC)NCc1c(C)cccc1C. The highest BCUT2D eigenvalue weighted by Gasteiger charge is 2.08. The first-order chi connectivity index (χ1) is 8.69. The van der Waals surface area contributed by atoms with Crippen molar-refractivity contribution in [2.75, 3.05) is 0 Å². The van der Waals surface area contributed by atoms with E-state index in [4.69, 9.17) is 0 Å². The number of aryl methyl sites for hydroxylation is 2. The first-order valence-corrected chi connectivity index (χ1v) is 7.47. The van der Waals surface area contributed by atoms with Crippen LogP contribution in [0.15, 0.2) is 18.2 Å². The fraction of sp³-hybridized carbons (Fsp3) is 0.647. The van der Waals surface area contributed by atoms with E-state index in [9.17, 15) is 0 Å². The fourth-order valence-corrected chi connectivity index (χ4v) is 2.52. The number of unbranched alkanes of at least 4 members (excludes halogenated alkanes) is 1. The van der Waals surface area contributed by atoms with Crippen LogP contribution in [0.1, 0.15) is 62.6 Å². The van der Waals surface area contributed by atoms with Crippen molar-refractivity contribution in [3.05, 3.63) is 34.9 Å². The molecule has 18 heavy (non-hydrogen) atoms. The molecule has 1 N–H and O–H groups in total. The molecule has 0 spiro atoms. The molecule has 0 heterocycles. The number of nitrogens with one attached hydrogen (secondary N) is 1. The highest BCUT2D eigenvalue weighted by atomic mass is 14.9. The summed E-state index contributed by atoms with van der Waals surface area (Å²) < 4.78 is 0. The Labute approximate surface area is 113 Å². The van der Waals surface area contributed by atoms with E-state index in [1.165, 1.54) is 48.8 Å². The van der Waals surface area contributed by atoms with Crippen LogP contribution in [0.3, 0.4) is 0 Å². The molecule has 1 nitrogen and oxygen atoms in total. The van der Waals surface area contributed by atoms with Crippen molar-refractivity contribution in [2.24, 2.45) is 0 Å². The smallest absolute Gasteiger partial charge is 0.0213 e. The molecule has 0 amide bonds. The molecule has 0 bridgehead atoms. The summed E-state index contributed by atoms with van der Waals surface area (Å²) >= 11 is 0. The van der Waals surface area contributed by atoms with Gasteiger partial charge in [0.25, 0.3) is 0 Å². The summed E-state index contributed by atoms with van der Waals surface area (Å²) in [5.74, 6) is 0. The molecule has 1 aromatic rings. The van der Waals surface area contributed by atoms with E-state index in [0.29, 0.717) is 6.04 Å². The lowest BCUT2D eigenvalue weighted by molar-refractivity contribution is 0.433. The average Bonchev–Trinajstić information content (AvgIpc) is 2.35. The number of rotatable bonds is 8. The van der Waals surface area contributed by atoms with Crippen molar-refractivity contribution >= 4 is 0 Å². The van der Waals surface area contributed by atoms with Gasteiger partial charge in [-0.15, -0.1) is 0 Å². The van der Waals surface area contributed by atoms with Crippen LogP contribution in [-0.4, -0.2) is 6.04 Å². The van der Waals surface area contributed by atoms with E-state index < -0.39 is 0 Å². The average molecular weight is 247 g/mol. The van der Waals surface area contributed by atoms with E-state index in [2.05, 4.69) is 51.2 Å². The number of hydrogen-bond acceptors (Lipinski definition) is 1. The lowest BCUT2D eigenvalue weighted by Crippen LogP contribution is -2.29. The number of benzene rings is 1. The molecule has 0 saturated heterocycles. The Bertz CT molecular complexity index is 323. The lowest BCUT2D eigenvalue weighted by atomic mass is 10.0. The van der Waals surface area contributed by atoms with Gasteiger partial charge in [0.1, 0.15) is 0 Å². The van der Waals surface area contributed by atoms with Crippen molar-refractivity contribution in [1.29, 1.82) is 0 Å². The zero-order valence-corrected chi connectivity index (χ0v) is 12.6. The van der Waals surface area contributed by atoms with Crippen molar-refractivity contribution in [1.82, 2.24) is 5.32 Å². The van der Waals surface area contributed by atoms with Gasteiger partial charge in [-0.25, -0.2) is 0 Å². The standard InChI is InChI=1S/C17H29N/c1-5-7-12-16(9-6-2)18-13-17-14(3)10-8-11-15(17)4/h8,10-11,16,18H,5-7,9,12-13H2,1-4H3. The van der Waals surface area contributed by atoms with Crippen LogP contribution in [-0.2, 0) is 6.54 Å². The van der Waals surface area contributed by atoms with Gasteiger partial charge in [-0.1, -0.05) is 51.3 Å². The molecule has 1 aromatic carbocycles. The quantitative estimate of drug-likeness (QED) is 0.699. The minimum atomic E-state index is 0.689. The van der Waals surface area contributed by atoms with Crippen LogP contribution in [0.4, 0.5) is 0 Å². The second-order valence-electron chi connectivity index (χ2n) is 5.38. The predicted molar refractivity (Wildman–Crippen MR) is 81.0 cm³/mol. The van der Waals surface area contributed by atoms with Crippen LogP contribution in [0.25, 0.3) is 0 Å². The molecule has 0 saturated carbocycles. The topological polar surface area (TPSA) is 12.0 Å². The van der Waals surface area contributed by atoms with Crippen molar-refractivity contribution in [3.63, 3.8) is 0 Å². The van der Waals surface area contributed by atoms with Crippen LogP contribution in [0.5, 0.6) is 0 Å². The largest absolute Gasteiger partial charge is 0.310 e. The van der Waals surface area contributed by atoms with Gasteiger partial charge in [0, 0.05) is 12.6 Å². The minimum Gasteiger partial charge on any atom is -0.310 e. The second kappa shape index (κ2) is 8.31. The minimum absolute atomic E-state index is 0.689. The molecule has 1 atom stereocenters. The maximum absolute atomic E-state index is 3.75. The maximum atomic E-state index is 3.75. The van der Waals surface area contributed by atoms with Gasteiger partial charge in [-0.2, -0.15) is 0 Å². The Morgan fingerprint density at radius 2 is 1.67 bits per heavy atom. The van der Waals surface area contributed by atoms with Gasteiger partial charge in [-0.3, -0.25) is 0 Å². The van der Waals surface area contributed by atoms with Crippen molar-refractivity contribution < 1.29 is 0 Å². The van der Waals surface area contributed by atoms with Gasteiger partial charge in [0.2, 0.25) is 0 Å². The molecular weight excluding hydrogens is 218 g/mol. The Hall–Kier alpha value is -0.820. The van der Waals surface area contributed by atoms with Crippen molar-refractivity contribution in [2.45, 2.75) is 72.4 Å². The lowest BCUT2D eigenvalue weighted by Gasteiger charge is -2.19. The Morgan fingerprint density at radius 3 is 2.22 bits per heavy atom. The third-order valence-corrected chi connectivity index (χ3v) is 3.76. The summed E-state index contributed by atoms with van der Waals surface area (Å²) in [6, 6.07) is 7.26. The highest BCUT2D eigenvalue weighted by Crippen LogP contribution is 2.14. The molecular formula is C17H29N. The Balaban J connectivity index is 2.55. The first-order valence-electron chi connectivity index (χ1n) is 7.47. The fourth-order valence-electron chi connectivity index (χ4n) is 2.52. The highest BCUT2D eigenvalue weighted by molar-refractivity contribution is 5.33. The zero-order chi connectivity index (χ0) is 13.4. The van der Waals surface area contributed by atoms with Crippen LogP contribution in [0, 0.1) is 13.8 Å². The van der Waals surface area contributed by atoms with Crippen LogP contribution >= 0.6 is 0 Å². The van der Waals surface area contributed by atoms with Gasteiger partial charge >= 0.3 is 0 Å². The van der Waals surface area contributed by atoms with E-state index in [-0.39, 0.29) is 0 Å². The van der Waals surface area contributed by atoms with Crippen molar-refractivity contribution in [3.8, 4) is 0 Å². The summed E-state index contributed by atoms with van der Waals surface area (Å²) in [6.45, 7) is 10.00. The normalized spacial score (nSPS) is 12.7. The zero-order valence-electron chi connectivity index (χ0n) is 12.6. The van der Waals surface area contributed by atoms with Crippen LogP contribution < -0.4 is 5.32 Å². The Kier molecular flexibility index (Phi) is 7.04. The van der Waals surface area contributed by atoms with E-state index in [0.717, 1.165) is 6.54 Å². The summed E-state index contributed by atoms with van der Waals surface area (Å²) in [5.41, 5.74) is 4.30. The molecule has 0 aliphatic carbocycles. The Morgan fingerprint density at radius 1 is 1.00 bits per heavy atom. The summed E-state index contributed by atoms with van der Waals surface area (Å²) in [7, 11) is 0. The summed E-state index contributed by atoms with van der Waals surface area (Å²) in [4.78, 5) is 0. The second-order valence-corrected chi connectivity index (χ2v) is 5.38. The first kappa shape index (κ1) is 15.2. The molecule has 0 aliphatic heterocycles. The van der Waals surface area contributed by atoms with E-state index in [1.54, 1.807) is 0 Å². The molecule has 0 fully saturated rings. The number of hydrogen-bond donors (Lipinski definition) is 1. The molecule has 0 aromatic heterocycles. The third kappa shape index (κ3) is 4.81. The molecule has 1 rings (SSSR count). The van der Waals surface area contributed by atoms with Gasteiger partial charge in [0.15, 0.2) is 0 Å².